The van der Waals surface area contributed by atoms with Crippen LogP contribution in [0.4, 0.5) is 29.3 Å². The highest BCUT2D eigenvalue weighted by atomic mass is 19.4. The lowest BCUT2D eigenvalue weighted by molar-refractivity contribution is -0.140. The lowest BCUT2D eigenvalue weighted by atomic mass is 10.1. The maximum atomic E-state index is 12.5. The van der Waals surface area contributed by atoms with Crippen molar-refractivity contribution in [1.29, 1.82) is 0 Å². The highest BCUT2D eigenvalue weighted by Gasteiger charge is 2.36. The molecule has 1 aromatic rings. The minimum Gasteiger partial charge on any atom is -0.378 e. The molecule has 1 aromatic carbocycles. The molecule has 1 aliphatic rings. The SMILES string of the molecule is Cc1cc(N(C)C)ccc1NC(=O)N1CCC[C@H]1C(=O)NCC(F)(F)F. The molecule has 0 aliphatic carbocycles. The lowest BCUT2D eigenvalue weighted by Gasteiger charge is -2.25. The number of rotatable bonds is 4. The van der Waals surface area contributed by atoms with Crippen molar-refractivity contribution in [3.8, 4) is 0 Å². The van der Waals surface area contributed by atoms with Gasteiger partial charge in [-0.2, -0.15) is 13.2 Å². The molecule has 2 rings (SSSR count). The number of anilines is 2. The summed E-state index contributed by atoms with van der Waals surface area (Å²) in [6, 6.07) is 4.14. The third kappa shape index (κ3) is 5.03. The number of aryl methyl sites for hydroxylation is 1. The average Bonchev–Trinajstić information content (AvgIpc) is 3.03. The maximum absolute atomic E-state index is 12.5. The Hall–Kier alpha value is -2.45. The molecular weight excluding hydrogens is 349 g/mol. The molecule has 1 fully saturated rings. The Morgan fingerprint density at radius 1 is 1.31 bits per heavy atom. The highest BCUT2D eigenvalue weighted by Crippen LogP contribution is 2.24. The van der Waals surface area contributed by atoms with Gasteiger partial charge < -0.3 is 20.4 Å². The van der Waals surface area contributed by atoms with E-state index in [1.165, 1.54) is 4.90 Å². The number of nitrogens with one attached hydrogen (secondary N) is 2. The zero-order chi connectivity index (χ0) is 19.5. The van der Waals surface area contributed by atoms with Gasteiger partial charge in [-0.3, -0.25) is 4.79 Å². The number of alkyl halides is 3. The molecule has 0 radical (unpaired) electrons. The Labute approximate surface area is 150 Å². The normalized spacial score (nSPS) is 17.2. The molecule has 144 valence electrons. The molecule has 0 aromatic heterocycles. The van der Waals surface area contributed by atoms with Crippen LogP contribution in [0, 0.1) is 6.92 Å². The number of urea groups is 1. The van der Waals surface area contributed by atoms with Crippen molar-refractivity contribution in [1.82, 2.24) is 10.2 Å². The van der Waals surface area contributed by atoms with Crippen LogP contribution in [0.3, 0.4) is 0 Å². The first-order chi connectivity index (χ1) is 12.1. The summed E-state index contributed by atoms with van der Waals surface area (Å²) in [6.45, 7) is 0.772. The minimum atomic E-state index is -4.48. The molecule has 2 N–H and O–H groups in total. The second-order valence-corrected chi connectivity index (χ2v) is 6.51. The van der Waals surface area contributed by atoms with Crippen molar-refractivity contribution in [3.05, 3.63) is 23.8 Å². The van der Waals surface area contributed by atoms with E-state index in [1.807, 2.05) is 43.4 Å². The zero-order valence-corrected chi connectivity index (χ0v) is 15.0. The first-order valence-electron chi connectivity index (χ1n) is 8.28. The number of carbonyl (C=O) groups is 2. The van der Waals surface area contributed by atoms with Crippen LogP contribution in [0.2, 0.25) is 0 Å². The summed E-state index contributed by atoms with van der Waals surface area (Å²) in [7, 11) is 3.81. The van der Waals surface area contributed by atoms with E-state index in [-0.39, 0.29) is 0 Å². The van der Waals surface area contributed by atoms with Crippen LogP contribution in [0.5, 0.6) is 0 Å². The smallest absolute Gasteiger partial charge is 0.378 e. The van der Waals surface area contributed by atoms with Crippen LogP contribution in [0.15, 0.2) is 18.2 Å². The van der Waals surface area contributed by atoms with Gasteiger partial charge in [0.1, 0.15) is 12.6 Å². The summed E-state index contributed by atoms with van der Waals surface area (Å²) in [6.07, 6.45) is -3.57. The first-order valence-corrected chi connectivity index (χ1v) is 8.28. The van der Waals surface area contributed by atoms with E-state index in [9.17, 15) is 22.8 Å². The third-order valence-electron chi connectivity index (χ3n) is 4.25. The van der Waals surface area contributed by atoms with E-state index >= 15 is 0 Å². The monoisotopic (exact) mass is 372 g/mol. The van der Waals surface area contributed by atoms with Gasteiger partial charge in [0, 0.05) is 32.0 Å². The van der Waals surface area contributed by atoms with Crippen LogP contribution in [0.1, 0.15) is 18.4 Å². The molecule has 3 amide bonds. The average molecular weight is 372 g/mol. The molecular formula is C17H23F3N4O2. The molecule has 0 spiro atoms. The fourth-order valence-corrected chi connectivity index (χ4v) is 2.84. The number of hydrogen-bond donors (Lipinski definition) is 2. The third-order valence-corrected chi connectivity index (χ3v) is 4.25. The van der Waals surface area contributed by atoms with Gasteiger partial charge in [-0.15, -0.1) is 0 Å². The molecule has 1 saturated heterocycles. The second-order valence-electron chi connectivity index (χ2n) is 6.51. The summed E-state index contributed by atoms with van der Waals surface area (Å²) in [5, 5.41) is 4.60. The van der Waals surface area contributed by atoms with Crippen LogP contribution >= 0.6 is 0 Å². The topological polar surface area (TPSA) is 64.7 Å². The van der Waals surface area contributed by atoms with Crippen molar-refractivity contribution in [2.45, 2.75) is 32.0 Å². The fraction of sp³-hybridized carbons (Fsp3) is 0.529. The zero-order valence-electron chi connectivity index (χ0n) is 15.0. The van der Waals surface area contributed by atoms with Gasteiger partial charge in [-0.25, -0.2) is 4.79 Å². The number of likely N-dealkylation sites (tertiary alicyclic amines) is 1. The Bertz CT molecular complexity index is 676. The molecule has 0 saturated carbocycles. The fourth-order valence-electron chi connectivity index (χ4n) is 2.84. The number of hydrogen-bond acceptors (Lipinski definition) is 3. The predicted molar refractivity (Wildman–Crippen MR) is 93.3 cm³/mol. The molecule has 1 aliphatic heterocycles. The Balaban J connectivity index is 2.03. The molecule has 0 bridgehead atoms. The molecule has 6 nitrogen and oxygen atoms in total. The van der Waals surface area contributed by atoms with Crippen molar-refractivity contribution in [3.63, 3.8) is 0 Å². The van der Waals surface area contributed by atoms with Crippen molar-refractivity contribution < 1.29 is 22.8 Å². The van der Waals surface area contributed by atoms with E-state index in [1.54, 1.807) is 6.07 Å². The van der Waals surface area contributed by atoms with Crippen LogP contribution < -0.4 is 15.5 Å². The summed E-state index contributed by atoms with van der Waals surface area (Å²) >= 11 is 0. The largest absolute Gasteiger partial charge is 0.405 e. The number of nitrogens with zero attached hydrogens (tertiary/aromatic N) is 2. The van der Waals surface area contributed by atoms with Gasteiger partial charge >= 0.3 is 12.2 Å². The van der Waals surface area contributed by atoms with Crippen LogP contribution in [-0.4, -0.2) is 56.2 Å². The van der Waals surface area contributed by atoms with E-state index in [2.05, 4.69) is 5.32 Å². The van der Waals surface area contributed by atoms with Gasteiger partial charge in [-0.05, 0) is 43.5 Å². The summed E-state index contributed by atoms with van der Waals surface area (Å²) in [4.78, 5) is 27.7. The molecule has 1 atom stereocenters. The summed E-state index contributed by atoms with van der Waals surface area (Å²) in [5.41, 5.74) is 2.43. The van der Waals surface area contributed by atoms with E-state index in [4.69, 9.17) is 0 Å². The Morgan fingerprint density at radius 2 is 2.00 bits per heavy atom. The second kappa shape index (κ2) is 7.84. The standard InChI is InChI=1S/C17H23F3N4O2/c1-11-9-12(23(2)3)6-7-13(11)22-16(26)24-8-4-5-14(24)15(25)21-10-17(18,19)20/h6-7,9,14H,4-5,8,10H2,1-3H3,(H,21,25)(H,22,26)/t14-/m0/s1. The predicted octanol–water partition coefficient (Wildman–Crippen LogP) is 2.74. The van der Waals surface area contributed by atoms with Gasteiger partial charge in [0.15, 0.2) is 0 Å². The maximum Gasteiger partial charge on any atom is 0.405 e. The van der Waals surface area contributed by atoms with Gasteiger partial charge in [0.2, 0.25) is 5.91 Å². The Kier molecular flexibility index (Phi) is 5.99. The molecule has 26 heavy (non-hydrogen) atoms. The van der Waals surface area contributed by atoms with Crippen LogP contribution in [0.25, 0.3) is 0 Å². The lowest BCUT2D eigenvalue weighted by Crippen LogP contribution is -2.49. The van der Waals surface area contributed by atoms with E-state index < -0.39 is 30.7 Å². The first kappa shape index (κ1) is 19.9. The minimum absolute atomic E-state index is 0.324. The van der Waals surface area contributed by atoms with Gasteiger partial charge in [0.05, 0.1) is 0 Å². The molecule has 0 unspecified atom stereocenters. The number of halogens is 3. The summed E-state index contributed by atoms with van der Waals surface area (Å²) < 4.78 is 36.8. The Morgan fingerprint density at radius 3 is 2.58 bits per heavy atom. The van der Waals surface area contributed by atoms with Gasteiger partial charge in [0.25, 0.3) is 0 Å². The highest BCUT2D eigenvalue weighted by molar-refractivity contribution is 5.94. The summed E-state index contributed by atoms with van der Waals surface area (Å²) in [5.74, 6) is -0.783. The van der Waals surface area contributed by atoms with E-state index in [0.29, 0.717) is 25.1 Å². The van der Waals surface area contributed by atoms with E-state index in [0.717, 1.165) is 11.3 Å². The number of amides is 3. The van der Waals surface area contributed by atoms with Crippen molar-refractivity contribution >= 4 is 23.3 Å². The number of carbonyl (C=O) groups excluding carboxylic acids is 2. The number of benzene rings is 1. The van der Waals surface area contributed by atoms with Crippen molar-refractivity contribution in [2.75, 3.05) is 37.4 Å². The van der Waals surface area contributed by atoms with Crippen LogP contribution in [-0.2, 0) is 4.79 Å². The molecule has 1 heterocycles. The molecule has 9 heteroatoms. The quantitative estimate of drug-likeness (QED) is 0.854. The van der Waals surface area contributed by atoms with Gasteiger partial charge in [-0.1, -0.05) is 0 Å². The van der Waals surface area contributed by atoms with Crippen molar-refractivity contribution in [2.24, 2.45) is 0 Å².